The number of ether oxygens (including phenoxy) is 1. The van der Waals surface area contributed by atoms with Crippen molar-refractivity contribution in [1.29, 1.82) is 0 Å². The van der Waals surface area contributed by atoms with Gasteiger partial charge in [0.25, 0.3) is 0 Å². The van der Waals surface area contributed by atoms with Gasteiger partial charge in [0.05, 0.1) is 0 Å². The van der Waals surface area contributed by atoms with Crippen LogP contribution in [0.1, 0.15) is 28.3 Å². The van der Waals surface area contributed by atoms with E-state index in [0.29, 0.717) is 0 Å². The number of para-hydroxylation sites is 1. The first-order chi connectivity index (χ1) is 16.0. The van der Waals surface area contributed by atoms with Crippen molar-refractivity contribution in [3.63, 3.8) is 0 Å². The predicted octanol–water partition coefficient (Wildman–Crippen LogP) is 5.01. The fourth-order valence-electron chi connectivity index (χ4n) is 4.68. The smallest absolute Gasteiger partial charge is 0.407 e. The molecule has 166 valence electrons. The van der Waals surface area contributed by atoms with Crippen molar-refractivity contribution >= 4 is 23.0 Å². The first-order valence-electron chi connectivity index (χ1n) is 10.9. The molecular formula is C27H24N2O4. The lowest BCUT2D eigenvalue weighted by molar-refractivity contribution is -0.139. The zero-order valence-electron chi connectivity index (χ0n) is 18.2. The van der Waals surface area contributed by atoms with Gasteiger partial charge in [-0.05, 0) is 46.2 Å². The molecule has 5 rings (SSSR count). The number of H-pyrrole nitrogens is 1. The minimum atomic E-state index is -1.11. The van der Waals surface area contributed by atoms with E-state index >= 15 is 0 Å². The van der Waals surface area contributed by atoms with Crippen molar-refractivity contribution < 1.29 is 19.4 Å². The molecule has 0 bridgehead atoms. The van der Waals surface area contributed by atoms with E-state index in [1.807, 2.05) is 67.6 Å². The number of aromatic nitrogens is 1. The van der Waals surface area contributed by atoms with Gasteiger partial charge in [0, 0.05) is 23.5 Å². The summed E-state index contributed by atoms with van der Waals surface area (Å²) in [5.41, 5.74) is 7.28. The average molecular weight is 440 g/mol. The third-order valence-corrected chi connectivity index (χ3v) is 6.28. The maximum Gasteiger partial charge on any atom is 0.407 e. The van der Waals surface area contributed by atoms with Gasteiger partial charge in [-0.1, -0.05) is 66.7 Å². The summed E-state index contributed by atoms with van der Waals surface area (Å²) in [5, 5.41) is 13.2. The molecule has 0 saturated carbocycles. The largest absolute Gasteiger partial charge is 0.480 e. The summed E-state index contributed by atoms with van der Waals surface area (Å²) >= 11 is 0. The summed E-state index contributed by atoms with van der Waals surface area (Å²) in [6.45, 7) is 2.13. The lowest BCUT2D eigenvalue weighted by atomic mass is 9.98. The van der Waals surface area contributed by atoms with E-state index in [1.54, 1.807) is 0 Å². The van der Waals surface area contributed by atoms with Gasteiger partial charge in [-0.3, -0.25) is 0 Å². The predicted molar refractivity (Wildman–Crippen MR) is 126 cm³/mol. The van der Waals surface area contributed by atoms with Crippen LogP contribution in [0.15, 0.2) is 72.8 Å². The van der Waals surface area contributed by atoms with Crippen LogP contribution in [0.25, 0.3) is 22.0 Å². The fourth-order valence-corrected chi connectivity index (χ4v) is 4.68. The van der Waals surface area contributed by atoms with Crippen molar-refractivity contribution in [2.75, 3.05) is 6.61 Å². The standard InChI is InChI=1S/C27H24N2O4/c1-16-7-6-8-17-13-18(28-25(16)17)14-24(26(30)31)29-27(32)33-15-23-21-11-4-2-9-19(21)20-10-3-5-12-22(20)23/h2-13,23-24,28H,14-15H2,1H3,(H,29,32)(H,30,31). The van der Waals surface area contributed by atoms with Gasteiger partial charge >= 0.3 is 12.1 Å². The molecule has 1 aromatic heterocycles. The Morgan fingerprint density at radius 3 is 2.30 bits per heavy atom. The number of benzene rings is 3. The molecule has 4 aromatic rings. The number of fused-ring (bicyclic) bond motifs is 4. The summed E-state index contributed by atoms with van der Waals surface area (Å²) in [7, 11) is 0. The highest BCUT2D eigenvalue weighted by atomic mass is 16.5. The van der Waals surface area contributed by atoms with Gasteiger partial charge in [-0.25, -0.2) is 9.59 Å². The molecule has 3 N–H and O–H groups in total. The van der Waals surface area contributed by atoms with E-state index in [2.05, 4.69) is 22.4 Å². The Labute approximate surface area is 191 Å². The summed E-state index contributed by atoms with van der Waals surface area (Å²) in [6.07, 6.45) is -0.607. The minimum Gasteiger partial charge on any atom is -0.480 e. The first kappa shape index (κ1) is 20.8. The molecule has 0 radical (unpaired) electrons. The molecule has 33 heavy (non-hydrogen) atoms. The van der Waals surface area contributed by atoms with Gasteiger partial charge < -0.3 is 20.1 Å². The molecule has 6 heteroatoms. The van der Waals surface area contributed by atoms with Crippen LogP contribution in [0.3, 0.4) is 0 Å². The van der Waals surface area contributed by atoms with Gasteiger partial charge in [0.1, 0.15) is 12.6 Å². The maximum absolute atomic E-state index is 12.5. The monoisotopic (exact) mass is 440 g/mol. The molecule has 1 aliphatic carbocycles. The summed E-state index contributed by atoms with van der Waals surface area (Å²) < 4.78 is 5.51. The molecular weight excluding hydrogens is 416 g/mol. The van der Waals surface area contributed by atoms with Crippen LogP contribution >= 0.6 is 0 Å². The van der Waals surface area contributed by atoms with E-state index in [1.165, 1.54) is 0 Å². The van der Waals surface area contributed by atoms with E-state index in [-0.39, 0.29) is 18.9 Å². The number of carbonyl (C=O) groups excluding carboxylic acids is 1. The SMILES string of the molecule is Cc1cccc2cc(CC(NC(=O)OCC3c4ccccc4-c4ccccc43)C(=O)O)[nH]c12. The van der Waals surface area contributed by atoms with Crippen molar-refractivity contribution in [3.8, 4) is 11.1 Å². The first-order valence-corrected chi connectivity index (χ1v) is 10.9. The zero-order valence-corrected chi connectivity index (χ0v) is 18.2. The molecule has 0 saturated heterocycles. The Bertz CT molecular complexity index is 1310. The zero-order chi connectivity index (χ0) is 22.9. The lowest BCUT2D eigenvalue weighted by Gasteiger charge is -2.17. The number of nitrogens with one attached hydrogen (secondary N) is 2. The number of amides is 1. The number of rotatable bonds is 6. The highest BCUT2D eigenvalue weighted by Gasteiger charge is 2.30. The van der Waals surface area contributed by atoms with Crippen molar-refractivity contribution in [2.24, 2.45) is 0 Å². The molecule has 1 heterocycles. The third-order valence-electron chi connectivity index (χ3n) is 6.28. The second-order valence-corrected chi connectivity index (χ2v) is 8.40. The second-order valence-electron chi connectivity index (χ2n) is 8.40. The Hall–Kier alpha value is -4.06. The number of hydrogen-bond acceptors (Lipinski definition) is 3. The van der Waals surface area contributed by atoms with Crippen LogP contribution in [-0.2, 0) is 16.0 Å². The number of carboxylic acid groups (broad SMARTS) is 1. The Kier molecular flexibility index (Phi) is 5.34. The van der Waals surface area contributed by atoms with E-state index in [4.69, 9.17) is 4.74 Å². The van der Waals surface area contributed by atoms with Crippen LogP contribution in [0.5, 0.6) is 0 Å². The normalized spacial score (nSPS) is 13.4. The molecule has 0 spiro atoms. The van der Waals surface area contributed by atoms with Crippen LogP contribution < -0.4 is 5.32 Å². The summed E-state index contributed by atoms with van der Waals surface area (Å²) in [6, 6.07) is 22.9. The second kappa shape index (κ2) is 8.47. The van der Waals surface area contributed by atoms with Crippen molar-refractivity contribution in [1.82, 2.24) is 10.3 Å². The van der Waals surface area contributed by atoms with Crippen LogP contribution in [0.2, 0.25) is 0 Å². The van der Waals surface area contributed by atoms with Crippen LogP contribution in [0.4, 0.5) is 4.79 Å². The number of aliphatic carboxylic acids is 1. The van der Waals surface area contributed by atoms with Gasteiger partial charge in [-0.15, -0.1) is 0 Å². The number of carbonyl (C=O) groups is 2. The number of aryl methyl sites for hydroxylation is 1. The number of alkyl carbamates (subject to hydrolysis) is 1. The molecule has 3 aromatic carbocycles. The molecule has 1 unspecified atom stereocenters. The van der Waals surface area contributed by atoms with Crippen molar-refractivity contribution in [2.45, 2.75) is 25.3 Å². The molecule has 1 atom stereocenters. The maximum atomic E-state index is 12.5. The Balaban J connectivity index is 1.27. The van der Waals surface area contributed by atoms with E-state index < -0.39 is 18.1 Å². The third kappa shape index (κ3) is 3.96. The van der Waals surface area contributed by atoms with E-state index in [9.17, 15) is 14.7 Å². The number of carboxylic acids is 1. The fraction of sp³-hybridized carbons (Fsp3) is 0.185. The lowest BCUT2D eigenvalue weighted by Crippen LogP contribution is -2.43. The molecule has 0 aliphatic heterocycles. The highest BCUT2D eigenvalue weighted by molar-refractivity contribution is 5.84. The molecule has 0 fully saturated rings. The van der Waals surface area contributed by atoms with Crippen molar-refractivity contribution in [3.05, 3.63) is 95.2 Å². The highest BCUT2D eigenvalue weighted by Crippen LogP contribution is 2.44. The van der Waals surface area contributed by atoms with Gasteiger partial charge in [0.15, 0.2) is 0 Å². The molecule has 1 amide bonds. The van der Waals surface area contributed by atoms with Gasteiger partial charge in [0.2, 0.25) is 0 Å². The minimum absolute atomic E-state index is 0.0805. The molecule has 1 aliphatic rings. The van der Waals surface area contributed by atoms with E-state index in [0.717, 1.165) is 44.4 Å². The number of aromatic amines is 1. The Morgan fingerprint density at radius 1 is 1.00 bits per heavy atom. The number of hydrogen-bond donors (Lipinski definition) is 3. The van der Waals surface area contributed by atoms with Crippen LogP contribution in [-0.4, -0.2) is 34.8 Å². The quantitative estimate of drug-likeness (QED) is 0.393. The Morgan fingerprint density at radius 2 is 1.67 bits per heavy atom. The average Bonchev–Trinajstić information content (AvgIpc) is 3.37. The van der Waals surface area contributed by atoms with Gasteiger partial charge in [-0.2, -0.15) is 0 Å². The summed E-state index contributed by atoms with van der Waals surface area (Å²) in [4.78, 5) is 27.6. The topological polar surface area (TPSA) is 91.4 Å². The summed E-state index contributed by atoms with van der Waals surface area (Å²) in [5.74, 6) is -1.19. The van der Waals surface area contributed by atoms with Crippen LogP contribution in [0, 0.1) is 6.92 Å². The molecule has 6 nitrogen and oxygen atoms in total.